The molecule has 0 saturated carbocycles. The summed E-state index contributed by atoms with van der Waals surface area (Å²) < 4.78 is 0. The third-order valence-electron chi connectivity index (χ3n) is 2.63. The van der Waals surface area contributed by atoms with Crippen molar-refractivity contribution in [2.45, 2.75) is 0 Å². The van der Waals surface area contributed by atoms with Gasteiger partial charge in [0.2, 0.25) is 0 Å². The van der Waals surface area contributed by atoms with Gasteiger partial charge in [-0.15, -0.1) is 35.9 Å². The molecule has 3 rings (SSSR count). The van der Waals surface area contributed by atoms with Crippen LogP contribution in [0.4, 0.5) is 0 Å². The molecule has 0 bridgehead atoms. The Bertz CT molecular complexity index is 615. The molecule has 0 spiro atoms. The average molecular weight is 399 g/mol. The predicted molar refractivity (Wildman–Crippen MR) is 66.0 cm³/mol. The van der Waals surface area contributed by atoms with Gasteiger partial charge in [-0.2, -0.15) is 0 Å². The summed E-state index contributed by atoms with van der Waals surface area (Å²) in [4.78, 5) is 4.44. The Morgan fingerprint density at radius 2 is 1.76 bits per heavy atom. The number of benzene rings is 2. The van der Waals surface area contributed by atoms with E-state index in [1.165, 1.54) is 0 Å². The Morgan fingerprint density at radius 3 is 2.59 bits per heavy atom. The second-order valence-electron chi connectivity index (χ2n) is 3.66. The van der Waals surface area contributed by atoms with E-state index >= 15 is 0 Å². The molecule has 0 atom stereocenters. The van der Waals surface area contributed by atoms with Crippen LogP contribution >= 0.6 is 0 Å². The molecule has 1 nitrogen and oxygen atoms in total. The molecule has 0 unspecified atom stereocenters. The summed E-state index contributed by atoms with van der Waals surface area (Å²) in [5.74, 6) is 0. The number of nitrogens with zero attached hydrogens (tertiary/aromatic N) is 1. The quantitative estimate of drug-likeness (QED) is 0.569. The summed E-state index contributed by atoms with van der Waals surface area (Å²) >= 11 is 0. The van der Waals surface area contributed by atoms with Crippen molar-refractivity contribution in [3.8, 4) is 11.1 Å². The zero-order valence-electron chi connectivity index (χ0n) is 9.04. The second kappa shape index (κ2) is 5.25. The Hall–Kier alpha value is -1.46. The van der Waals surface area contributed by atoms with E-state index in [2.05, 4.69) is 41.4 Å². The molecule has 0 aliphatic heterocycles. The molecular formula is C15H10NPt-. The first-order chi connectivity index (χ1) is 7.95. The summed E-state index contributed by atoms with van der Waals surface area (Å²) in [5, 5.41) is 1.16. The molecule has 2 aromatic carbocycles. The van der Waals surface area contributed by atoms with E-state index in [9.17, 15) is 0 Å². The van der Waals surface area contributed by atoms with Gasteiger partial charge in [0, 0.05) is 32.8 Å². The first-order valence-electron chi connectivity index (χ1n) is 5.26. The van der Waals surface area contributed by atoms with E-state index in [0.717, 1.165) is 22.0 Å². The van der Waals surface area contributed by atoms with Gasteiger partial charge < -0.3 is 0 Å². The number of rotatable bonds is 1. The fraction of sp³-hybridized carbons (Fsp3) is 0. The smallest absolute Gasteiger partial charge is 0.0366 e. The van der Waals surface area contributed by atoms with Crippen molar-refractivity contribution in [3.05, 3.63) is 66.9 Å². The summed E-state index contributed by atoms with van der Waals surface area (Å²) in [7, 11) is 0. The topological polar surface area (TPSA) is 12.9 Å². The van der Waals surface area contributed by atoms with Crippen LogP contribution in [-0.2, 0) is 21.1 Å². The number of aromatic nitrogens is 1. The van der Waals surface area contributed by atoms with E-state index in [1.807, 2.05) is 30.5 Å². The maximum atomic E-state index is 4.44. The predicted octanol–water partition coefficient (Wildman–Crippen LogP) is 3.70. The van der Waals surface area contributed by atoms with Crippen molar-refractivity contribution < 1.29 is 21.1 Å². The molecule has 3 aromatic rings. The summed E-state index contributed by atoms with van der Waals surface area (Å²) in [6, 6.07) is 21.5. The molecule has 0 aliphatic rings. The van der Waals surface area contributed by atoms with Crippen LogP contribution in [0.5, 0.6) is 0 Å². The summed E-state index contributed by atoms with van der Waals surface area (Å²) in [5.41, 5.74) is 3.26. The maximum absolute atomic E-state index is 4.44. The van der Waals surface area contributed by atoms with Gasteiger partial charge in [-0.3, -0.25) is 4.98 Å². The standard InChI is InChI=1S/C15H10N.Pt/c1-2-6-12(7-3-1)14-10-4-8-13-9-5-11-16-15(13)14;/h1-6,8-11H;/q-1;. The maximum Gasteiger partial charge on any atom is 0.0366 e. The summed E-state index contributed by atoms with van der Waals surface area (Å²) in [6.45, 7) is 0. The molecule has 0 radical (unpaired) electrons. The van der Waals surface area contributed by atoms with Crippen LogP contribution < -0.4 is 0 Å². The van der Waals surface area contributed by atoms with Crippen molar-refractivity contribution in [3.63, 3.8) is 0 Å². The van der Waals surface area contributed by atoms with E-state index in [4.69, 9.17) is 0 Å². The summed E-state index contributed by atoms with van der Waals surface area (Å²) in [6.07, 6.45) is 1.83. The Labute approximate surface area is 115 Å². The number of fused-ring (bicyclic) bond motifs is 1. The van der Waals surface area contributed by atoms with Gasteiger partial charge >= 0.3 is 0 Å². The van der Waals surface area contributed by atoms with Gasteiger partial charge in [0.25, 0.3) is 0 Å². The molecule has 17 heavy (non-hydrogen) atoms. The van der Waals surface area contributed by atoms with Gasteiger partial charge in [-0.1, -0.05) is 29.8 Å². The van der Waals surface area contributed by atoms with E-state index in [1.54, 1.807) is 0 Å². The zero-order valence-corrected chi connectivity index (χ0v) is 11.3. The minimum Gasteiger partial charge on any atom is -0.266 e. The second-order valence-corrected chi connectivity index (χ2v) is 3.66. The molecule has 0 amide bonds. The SMILES string of the molecule is [Pt].[c-]1ccccc1-c1cccc2cccnc12. The Morgan fingerprint density at radius 1 is 0.882 bits per heavy atom. The minimum absolute atomic E-state index is 0. The fourth-order valence-corrected chi connectivity index (χ4v) is 1.88. The van der Waals surface area contributed by atoms with Crippen LogP contribution in [-0.4, -0.2) is 4.98 Å². The van der Waals surface area contributed by atoms with Crippen molar-refractivity contribution in [1.82, 2.24) is 4.98 Å². The molecule has 86 valence electrons. The molecule has 0 saturated heterocycles. The van der Waals surface area contributed by atoms with Gasteiger partial charge in [-0.25, -0.2) is 0 Å². The molecule has 2 heteroatoms. The van der Waals surface area contributed by atoms with Crippen molar-refractivity contribution in [2.75, 3.05) is 0 Å². The monoisotopic (exact) mass is 399 g/mol. The van der Waals surface area contributed by atoms with Crippen LogP contribution in [0.25, 0.3) is 22.0 Å². The largest absolute Gasteiger partial charge is 0.266 e. The Kier molecular flexibility index (Phi) is 3.71. The van der Waals surface area contributed by atoms with Crippen molar-refractivity contribution >= 4 is 10.9 Å². The molecule has 0 fully saturated rings. The minimum atomic E-state index is 0. The Balaban J connectivity index is 0.00000108. The fourth-order valence-electron chi connectivity index (χ4n) is 1.88. The normalized spacial score (nSPS) is 9.88. The van der Waals surface area contributed by atoms with E-state index in [0.29, 0.717) is 0 Å². The first kappa shape index (κ1) is 12.0. The van der Waals surface area contributed by atoms with Crippen LogP contribution in [0.2, 0.25) is 0 Å². The molecular weight excluding hydrogens is 389 g/mol. The van der Waals surface area contributed by atoms with Gasteiger partial charge in [-0.05, 0) is 11.5 Å². The van der Waals surface area contributed by atoms with Crippen LogP contribution in [0.3, 0.4) is 0 Å². The van der Waals surface area contributed by atoms with Gasteiger partial charge in [0.1, 0.15) is 0 Å². The average Bonchev–Trinajstić information content (AvgIpc) is 2.39. The zero-order chi connectivity index (χ0) is 10.8. The van der Waals surface area contributed by atoms with Gasteiger partial charge in [0.15, 0.2) is 0 Å². The number of hydrogen-bond donors (Lipinski definition) is 0. The molecule has 0 N–H and O–H groups in total. The van der Waals surface area contributed by atoms with Crippen LogP contribution in [0, 0.1) is 6.07 Å². The van der Waals surface area contributed by atoms with Gasteiger partial charge in [0.05, 0.1) is 0 Å². The first-order valence-corrected chi connectivity index (χ1v) is 5.26. The number of pyridine rings is 1. The number of hydrogen-bond acceptors (Lipinski definition) is 1. The molecule has 0 aliphatic carbocycles. The van der Waals surface area contributed by atoms with Crippen molar-refractivity contribution in [2.24, 2.45) is 0 Å². The van der Waals surface area contributed by atoms with Crippen molar-refractivity contribution in [1.29, 1.82) is 0 Å². The van der Waals surface area contributed by atoms with E-state index < -0.39 is 0 Å². The third kappa shape index (κ3) is 2.30. The number of para-hydroxylation sites is 1. The molecule has 1 heterocycles. The van der Waals surface area contributed by atoms with E-state index in [-0.39, 0.29) is 21.1 Å². The molecule has 1 aromatic heterocycles. The third-order valence-corrected chi connectivity index (χ3v) is 2.63. The van der Waals surface area contributed by atoms with Crippen LogP contribution in [0.1, 0.15) is 0 Å². The van der Waals surface area contributed by atoms with Crippen LogP contribution in [0.15, 0.2) is 60.8 Å².